The van der Waals surface area contributed by atoms with Crippen molar-refractivity contribution in [2.45, 2.75) is 18.8 Å². The highest BCUT2D eigenvalue weighted by molar-refractivity contribution is 7.18. The molecule has 0 unspecified atom stereocenters. The van der Waals surface area contributed by atoms with Gasteiger partial charge >= 0.3 is 5.97 Å². The summed E-state index contributed by atoms with van der Waals surface area (Å²) in [6.45, 7) is 1.47. The fraction of sp³-hybridized carbons (Fsp3) is 0.273. The van der Waals surface area contributed by atoms with E-state index in [0.29, 0.717) is 17.2 Å². The fourth-order valence-corrected chi connectivity index (χ4v) is 4.86. The molecule has 0 N–H and O–H groups in total. The number of methoxy groups -OCH3 is 1. The lowest BCUT2D eigenvalue weighted by atomic mass is 9.96. The lowest BCUT2D eigenvalue weighted by molar-refractivity contribution is -0.384. The van der Waals surface area contributed by atoms with Gasteiger partial charge in [-0.25, -0.2) is 9.78 Å². The molecule has 0 amide bonds. The number of esters is 1. The number of nitro groups is 1. The van der Waals surface area contributed by atoms with Crippen molar-refractivity contribution in [2.24, 2.45) is 0 Å². The van der Waals surface area contributed by atoms with E-state index in [0.717, 1.165) is 36.5 Å². The van der Waals surface area contributed by atoms with Crippen LogP contribution in [0, 0.1) is 10.1 Å². The molecule has 0 aliphatic carbocycles. The lowest BCUT2D eigenvalue weighted by Gasteiger charge is -2.32. The average Bonchev–Trinajstić information content (AvgIpc) is 3.21. The molecule has 1 aliphatic rings. The molecule has 3 aromatic rings. The smallest absolute Gasteiger partial charge is 0.330 e. The Kier molecular flexibility index (Phi) is 5.76. The van der Waals surface area contributed by atoms with Crippen molar-refractivity contribution in [2.75, 3.05) is 25.1 Å². The highest BCUT2D eigenvalue weighted by atomic mass is 32.1. The van der Waals surface area contributed by atoms with Crippen molar-refractivity contribution in [1.82, 2.24) is 4.98 Å². The summed E-state index contributed by atoms with van der Waals surface area (Å²) in [6.07, 6.45) is 4.58. The molecule has 0 spiro atoms. The molecule has 154 valence electrons. The Bertz CT molecular complexity index is 1080. The van der Waals surface area contributed by atoms with E-state index in [2.05, 4.69) is 15.7 Å². The number of nitro benzene ring substituents is 1. The predicted molar refractivity (Wildman–Crippen MR) is 118 cm³/mol. The summed E-state index contributed by atoms with van der Waals surface area (Å²) in [5.74, 6) is -0.126. The molecule has 30 heavy (non-hydrogen) atoms. The van der Waals surface area contributed by atoms with Crippen molar-refractivity contribution in [3.05, 3.63) is 69.2 Å². The molecule has 1 saturated heterocycles. The number of benzene rings is 2. The number of nitrogens with zero attached hydrogens (tertiary/aromatic N) is 3. The Labute approximate surface area is 177 Å². The second-order valence-corrected chi connectivity index (χ2v) is 8.21. The normalized spacial score (nSPS) is 15.0. The van der Waals surface area contributed by atoms with E-state index >= 15 is 0 Å². The molecule has 0 saturated carbocycles. The van der Waals surface area contributed by atoms with Crippen molar-refractivity contribution < 1.29 is 14.5 Å². The molecule has 0 radical (unpaired) electrons. The van der Waals surface area contributed by atoms with Crippen LogP contribution in [0.15, 0.2) is 48.5 Å². The van der Waals surface area contributed by atoms with E-state index in [4.69, 9.17) is 4.98 Å². The Balaban J connectivity index is 1.50. The van der Waals surface area contributed by atoms with E-state index < -0.39 is 5.97 Å². The molecular formula is C22H21N3O4S. The van der Waals surface area contributed by atoms with Crippen LogP contribution in [0.2, 0.25) is 0 Å². The van der Waals surface area contributed by atoms with E-state index in [9.17, 15) is 14.9 Å². The molecular weight excluding hydrogens is 402 g/mol. The van der Waals surface area contributed by atoms with E-state index in [-0.39, 0.29) is 10.6 Å². The summed E-state index contributed by atoms with van der Waals surface area (Å²) >= 11 is 1.74. The Morgan fingerprint density at radius 2 is 2.03 bits per heavy atom. The minimum atomic E-state index is -0.501. The number of carbonyl (C=O) groups excluding carboxylic acids is 1. The van der Waals surface area contributed by atoms with Crippen LogP contribution in [0.3, 0.4) is 0 Å². The molecule has 1 aromatic heterocycles. The minimum absolute atomic E-state index is 0.0421. The summed E-state index contributed by atoms with van der Waals surface area (Å²) in [7, 11) is 1.29. The van der Waals surface area contributed by atoms with Crippen LogP contribution in [-0.4, -0.2) is 36.1 Å². The number of hydrogen-bond donors (Lipinski definition) is 0. The number of para-hydroxylation sites is 1. The highest BCUT2D eigenvalue weighted by Crippen LogP contribution is 2.37. The van der Waals surface area contributed by atoms with Crippen molar-refractivity contribution in [3.63, 3.8) is 0 Å². The van der Waals surface area contributed by atoms with Gasteiger partial charge in [-0.05, 0) is 42.7 Å². The molecule has 7 nitrogen and oxygen atoms in total. The summed E-state index contributed by atoms with van der Waals surface area (Å²) in [5, 5.41) is 12.8. The van der Waals surface area contributed by atoms with E-state index in [1.807, 2.05) is 18.2 Å². The number of carbonyl (C=O) groups is 1. The number of piperidine rings is 1. The topological polar surface area (TPSA) is 85.6 Å². The third-order valence-corrected chi connectivity index (χ3v) is 6.50. The number of aromatic nitrogens is 1. The number of fused-ring (bicyclic) bond motifs is 1. The van der Waals surface area contributed by atoms with Gasteiger partial charge < -0.3 is 9.64 Å². The Hall–Kier alpha value is -3.26. The van der Waals surface area contributed by atoms with Gasteiger partial charge in [0.15, 0.2) is 0 Å². The Morgan fingerprint density at radius 1 is 1.27 bits per heavy atom. The van der Waals surface area contributed by atoms with Crippen molar-refractivity contribution in [1.29, 1.82) is 0 Å². The molecule has 1 aliphatic heterocycles. The van der Waals surface area contributed by atoms with Gasteiger partial charge in [-0.3, -0.25) is 10.1 Å². The predicted octanol–water partition coefficient (Wildman–Crippen LogP) is 4.77. The average molecular weight is 423 g/mol. The number of hydrogen-bond acceptors (Lipinski definition) is 7. The second-order valence-electron chi connectivity index (χ2n) is 7.14. The maximum Gasteiger partial charge on any atom is 0.330 e. The molecule has 2 aromatic carbocycles. The fourth-order valence-electron chi connectivity index (χ4n) is 3.72. The quantitative estimate of drug-likeness (QED) is 0.254. The first kappa shape index (κ1) is 20.0. The first-order valence-corrected chi connectivity index (χ1v) is 10.5. The molecule has 4 rings (SSSR count). The largest absolute Gasteiger partial charge is 0.466 e. The third kappa shape index (κ3) is 4.18. The van der Waals surface area contributed by atoms with Gasteiger partial charge in [0.25, 0.3) is 5.69 Å². The second kappa shape index (κ2) is 8.62. The van der Waals surface area contributed by atoms with Crippen molar-refractivity contribution in [3.8, 4) is 0 Å². The lowest BCUT2D eigenvalue weighted by Crippen LogP contribution is -2.33. The zero-order valence-corrected chi connectivity index (χ0v) is 17.3. The summed E-state index contributed by atoms with van der Waals surface area (Å²) in [6, 6.07) is 13.2. The third-order valence-electron chi connectivity index (χ3n) is 5.30. The number of thiazole rings is 1. The minimum Gasteiger partial charge on any atom is -0.466 e. The summed E-state index contributed by atoms with van der Waals surface area (Å²) < 4.78 is 5.76. The number of ether oxygens (including phenoxy) is 1. The summed E-state index contributed by atoms with van der Waals surface area (Å²) in [4.78, 5) is 29.4. The zero-order valence-electron chi connectivity index (χ0n) is 16.5. The van der Waals surface area contributed by atoms with Gasteiger partial charge in [-0.1, -0.05) is 18.2 Å². The molecule has 2 heterocycles. The maximum absolute atomic E-state index is 11.7. The van der Waals surface area contributed by atoms with Crippen LogP contribution < -0.4 is 4.90 Å². The van der Waals surface area contributed by atoms with Crippen LogP contribution in [-0.2, 0) is 9.53 Å². The molecule has 0 bridgehead atoms. The van der Waals surface area contributed by atoms with Gasteiger partial charge in [0, 0.05) is 31.1 Å². The van der Waals surface area contributed by atoms with Crippen LogP contribution in [0.1, 0.15) is 29.3 Å². The van der Waals surface area contributed by atoms with Gasteiger partial charge in [-0.15, -0.1) is 11.3 Å². The molecule has 8 heteroatoms. The first-order chi connectivity index (χ1) is 14.5. The molecule has 1 fully saturated rings. The monoisotopic (exact) mass is 423 g/mol. The van der Waals surface area contributed by atoms with Crippen LogP contribution >= 0.6 is 11.3 Å². The van der Waals surface area contributed by atoms with Gasteiger partial charge in [0.05, 0.1) is 27.3 Å². The Morgan fingerprint density at radius 3 is 2.73 bits per heavy atom. The highest BCUT2D eigenvalue weighted by Gasteiger charge is 2.27. The maximum atomic E-state index is 11.7. The molecule has 0 atom stereocenters. The van der Waals surface area contributed by atoms with E-state index in [1.54, 1.807) is 23.5 Å². The van der Waals surface area contributed by atoms with Crippen LogP contribution in [0.5, 0.6) is 0 Å². The van der Waals surface area contributed by atoms with Crippen LogP contribution in [0.4, 0.5) is 11.4 Å². The summed E-state index contributed by atoms with van der Waals surface area (Å²) in [5.41, 5.74) is 2.27. The van der Waals surface area contributed by atoms with Gasteiger partial charge in [0.1, 0.15) is 5.69 Å². The number of rotatable bonds is 5. The number of anilines is 1. The standard InChI is InChI=1S/C22H21N3O4S/c1-29-21(26)9-7-15-6-8-18(19(14-15)25(27)28)24-12-10-16(11-13-24)22-23-17-4-2-3-5-20(17)30-22/h2-9,14,16H,10-13H2,1H3/b9-7-. The van der Waals surface area contributed by atoms with Crippen molar-refractivity contribution >= 4 is 45.0 Å². The first-order valence-electron chi connectivity index (χ1n) is 9.70. The van der Waals surface area contributed by atoms with Gasteiger partial charge in [-0.2, -0.15) is 0 Å². The van der Waals surface area contributed by atoms with Gasteiger partial charge in [0.2, 0.25) is 0 Å². The SMILES string of the molecule is COC(=O)/C=C\c1ccc(N2CCC(c3nc4ccccc4s3)CC2)c([N+](=O)[O-])c1. The zero-order chi connectivity index (χ0) is 21.1. The van der Waals surface area contributed by atoms with E-state index in [1.165, 1.54) is 30.0 Å². The van der Waals surface area contributed by atoms with Crippen LogP contribution in [0.25, 0.3) is 16.3 Å².